The van der Waals surface area contributed by atoms with Gasteiger partial charge in [0.15, 0.2) is 18.1 Å². The quantitative estimate of drug-likeness (QED) is 0.557. The summed E-state index contributed by atoms with van der Waals surface area (Å²) in [6, 6.07) is 9.43. The van der Waals surface area contributed by atoms with E-state index in [1.807, 2.05) is 30.3 Å². The molecule has 158 valence electrons. The summed E-state index contributed by atoms with van der Waals surface area (Å²) in [5.41, 5.74) is 0.950. The average molecular weight is 409 g/mol. The Morgan fingerprint density at radius 1 is 1.27 bits per heavy atom. The highest BCUT2D eigenvalue weighted by Gasteiger charge is 2.42. The molecule has 4 atom stereocenters. The summed E-state index contributed by atoms with van der Waals surface area (Å²) in [6.07, 6.45) is 6.71. The summed E-state index contributed by atoms with van der Waals surface area (Å²) in [4.78, 5) is 25.2. The summed E-state index contributed by atoms with van der Waals surface area (Å²) in [7, 11) is 0. The lowest BCUT2D eigenvalue weighted by Gasteiger charge is -2.28. The minimum Gasteiger partial charge on any atom is -0.451 e. The predicted molar refractivity (Wildman–Crippen MR) is 111 cm³/mol. The van der Waals surface area contributed by atoms with Gasteiger partial charge in [0.25, 0.3) is 5.91 Å². The maximum atomic E-state index is 12.8. The summed E-state index contributed by atoms with van der Waals surface area (Å²) >= 11 is 0. The first-order valence-electron chi connectivity index (χ1n) is 10.5. The van der Waals surface area contributed by atoms with Crippen molar-refractivity contribution in [2.75, 3.05) is 6.61 Å². The van der Waals surface area contributed by atoms with Crippen LogP contribution in [0, 0.1) is 24.7 Å². The zero-order chi connectivity index (χ0) is 21.1. The maximum absolute atomic E-state index is 12.8. The Bertz CT molecular complexity index is 939. The number of carbonyl (C=O) groups is 2. The molecule has 1 N–H and O–H groups in total. The number of nitrogens with zero attached hydrogens (tertiary/aromatic N) is 4. The van der Waals surface area contributed by atoms with Gasteiger partial charge in [-0.05, 0) is 72.9 Å². The van der Waals surface area contributed by atoms with E-state index in [0.29, 0.717) is 11.7 Å². The molecule has 1 aromatic heterocycles. The number of aromatic nitrogens is 4. The van der Waals surface area contributed by atoms with Crippen molar-refractivity contribution in [1.29, 1.82) is 0 Å². The molecule has 8 heteroatoms. The lowest BCUT2D eigenvalue weighted by atomic mass is 9.84. The standard InChI is InChI=1S/C22H27N5O3/c1-14(19-11-17-8-9-18(19)10-17)23-21(28)13-30-22(29)20(27-15(2)24-25-26-27)12-16-6-4-3-5-7-16/h3-7,12,14,17-19H,8-11,13H2,1-2H3,(H,23,28)/b20-12-. The number of benzene rings is 1. The van der Waals surface area contributed by atoms with Gasteiger partial charge in [0, 0.05) is 6.04 Å². The number of tetrazole rings is 1. The van der Waals surface area contributed by atoms with Crippen LogP contribution in [0.5, 0.6) is 0 Å². The number of amides is 1. The normalized spacial score (nSPS) is 23.9. The first kappa shape index (κ1) is 20.3. The molecule has 0 spiro atoms. The van der Waals surface area contributed by atoms with Crippen molar-refractivity contribution in [1.82, 2.24) is 25.5 Å². The first-order valence-corrected chi connectivity index (χ1v) is 10.5. The van der Waals surface area contributed by atoms with E-state index in [9.17, 15) is 9.59 Å². The number of ether oxygens (including phenoxy) is 1. The fraction of sp³-hybridized carbons (Fsp3) is 0.500. The van der Waals surface area contributed by atoms with Crippen molar-refractivity contribution in [3.63, 3.8) is 0 Å². The number of hydrogen-bond acceptors (Lipinski definition) is 6. The summed E-state index contributed by atoms with van der Waals surface area (Å²) < 4.78 is 6.62. The topological polar surface area (TPSA) is 99.0 Å². The second-order valence-electron chi connectivity index (χ2n) is 8.35. The van der Waals surface area contributed by atoms with Crippen molar-refractivity contribution in [3.8, 4) is 0 Å². The van der Waals surface area contributed by atoms with Crippen LogP contribution >= 0.6 is 0 Å². The molecule has 2 aromatic rings. The number of hydrogen-bond donors (Lipinski definition) is 1. The van der Waals surface area contributed by atoms with Gasteiger partial charge in [-0.1, -0.05) is 36.8 Å². The molecule has 2 saturated carbocycles. The van der Waals surface area contributed by atoms with E-state index in [0.717, 1.165) is 17.4 Å². The van der Waals surface area contributed by atoms with E-state index in [2.05, 4.69) is 27.8 Å². The Labute approximate surface area is 175 Å². The predicted octanol–water partition coefficient (Wildman–Crippen LogP) is 2.46. The lowest BCUT2D eigenvalue weighted by Crippen LogP contribution is -2.42. The Kier molecular flexibility index (Phi) is 5.92. The van der Waals surface area contributed by atoms with Crippen molar-refractivity contribution in [2.24, 2.45) is 17.8 Å². The summed E-state index contributed by atoms with van der Waals surface area (Å²) in [5.74, 6) is 1.57. The SMILES string of the molecule is Cc1nnnn1/C(=C\c1ccccc1)C(=O)OCC(=O)NC(C)C1CC2CCC1C2. The number of rotatable bonds is 7. The van der Waals surface area contributed by atoms with Crippen LogP contribution in [0.4, 0.5) is 0 Å². The third-order valence-corrected chi connectivity index (χ3v) is 6.32. The highest BCUT2D eigenvalue weighted by molar-refractivity contribution is 6.15. The second-order valence-corrected chi connectivity index (χ2v) is 8.35. The molecule has 2 bridgehead atoms. The summed E-state index contributed by atoms with van der Waals surface area (Å²) in [6.45, 7) is 3.41. The largest absolute Gasteiger partial charge is 0.451 e. The van der Waals surface area contributed by atoms with Gasteiger partial charge < -0.3 is 10.1 Å². The molecule has 30 heavy (non-hydrogen) atoms. The van der Waals surface area contributed by atoms with Crippen LogP contribution in [-0.4, -0.2) is 44.7 Å². The fourth-order valence-electron chi connectivity index (χ4n) is 4.88. The molecular formula is C22H27N5O3. The van der Waals surface area contributed by atoms with E-state index >= 15 is 0 Å². The van der Waals surface area contributed by atoms with E-state index in [4.69, 9.17) is 4.74 Å². The molecule has 0 radical (unpaired) electrons. The molecule has 1 amide bonds. The Hall–Kier alpha value is -3.03. The van der Waals surface area contributed by atoms with Crippen molar-refractivity contribution in [2.45, 2.75) is 45.6 Å². The Balaban J connectivity index is 1.38. The number of fused-ring (bicyclic) bond motifs is 2. The van der Waals surface area contributed by atoms with E-state index < -0.39 is 5.97 Å². The van der Waals surface area contributed by atoms with Gasteiger partial charge in [0.2, 0.25) is 0 Å². The Morgan fingerprint density at radius 3 is 2.70 bits per heavy atom. The third-order valence-electron chi connectivity index (χ3n) is 6.32. The monoisotopic (exact) mass is 409 g/mol. The summed E-state index contributed by atoms with van der Waals surface area (Å²) in [5, 5.41) is 14.3. The van der Waals surface area contributed by atoms with Gasteiger partial charge in [0.05, 0.1) is 0 Å². The van der Waals surface area contributed by atoms with Crippen LogP contribution in [0.2, 0.25) is 0 Å². The first-order chi connectivity index (χ1) is 14.5. The van der Waals surface area contributed by atoms with Crippen LogP contribution in [0.3, 0.4) is 0 Å². The molecule has 0 saturated heterocycles. The van der Waals surface area contributed by atoms with Crippen LogP contribution in [0.15, 0.2) is 30.3 Å². The van der Waals surface area contributed by atoms with Gasteiger partial charge in [-0.15, -0.1) is 5.10 Å². The van der Waals surface area contributed by atoms with E-state index in [1.54, 1.807) is 13.0 Å². The minimum atomic E-state index is -0.656. The molecular weight excluding hydrogens is 382 g/mol. The number of esters is 1. The average Bonchev–Trinajstić information content (AvgIpc) is 3.48. The zero-order valence-corrected chi connectivity index (χ0v) is 17.3. The van der Waals surface area contributed by atoms with Gasteiger partial charge in [0.1, 0.15) is 0 Å². The van der Waals surface area contributed by atoms with Crippen LogP contribution in [-0.2, 0) is 14.3 Å². The van der Waals surface area contributed by atoms with Crippen LogP contribution < -0.4 is 5.32 Å². The van der Waals surface area contributed by atoms with Gasteiger partial charge in [-0.3, -0.25) is 4.79 Å². The Morgan fingerprint density at radius 2 is 2.07 bits per heavy atom. The molecule has 2 fully saturated rings. The molecule has 1 heterocycles. The minimum absolute atomic E-state index is 0.0904. The van der Waals surface area contributed by atoms with Crippen molar-refractivity contribution < 1.29 is 14.3 Å². The second kappa shape index (κ2) is 8.77. The molecule has 4 rings (SSSR count). The zero-order valence-electron chi connectivity index (χ0n) is 17.3. The molecule has 0 aliphatic heterocycles. The highest BCUT2D eigenvalue weighted by atomic mass is 16.5. The van der Waals surface area contributed by atoms with E-state index in [1.165, 1.54) is 30.4 Å². The molecule has 8 nitrogen and oxygen atoms in total. The molecule has 2 aliphatic carbocycles. The number of aryl methyl sites for hydroxylation is 1. The highest BCUT2D eigenvalue weighted by Crippen LogP contribution is 2.49. The third kappa shape index (κ3) is 4.42. The lowest BCUT2D eigenvalue weighted by molar-refractivity contribution is -0.143. The molecule has 4 unspecified atom stereocenters. The smallest absolute Gasteiger partial charge is 0.357 e. The van der Waals surface area contributed by atoms with Gasteiger partial charge in [-0.25, -0.2) is 4.79 Å². The van der Waals surface area contributed by atoms with Crippen molar-refractivity contribution in [3.05, 3.63) is 41.7 Å². The van der Waals surface area contributed by atoms with E-state index in [-0.39, 0.29) is 24.3 Å². The number of nitrogens with one attached hydrogen (secondary N) is 1. The van der Waals surface area contributed by atoms with Crippen LogP contribution in [0.25, 0.3) is 11.8 Å². The molecule has 1 aromatic carbocycles. The van der Waals surface area contributed by atoms with Gasteiger partial charge in [-0.2, -0.15) is 4.68 Å². The fourth-order valence-corrected chi connectivity index (χ4v) is 4.88. The van der Waals surface area contributed by atoms with Crippen LogP contribution in [0.1, 0.15) is 44.0 Å². The van der Waals surface area contributed by atoms with Crippen molar-refractivity contribution >= 4 is 23.6 Å². The van der Waals surface area contributed by atoms with Gasteiger partial charge >= 0.3 is 5.97 Å². The number of carbonyl (C=O) groups excluding carboxylic acids is 2. The molecule has 2 aliphatic rings. The maximum Gasteiger partial charge on any atom is 0.357 e.